The Morgan fingerprint density at radius 3 is 2.67 bits per heavy atom. The molecule has 0 spiro atoms. The van der Waals surface area contributed by atoms with E-state index < -0.39 is 15.4 Å². The normalized spacial score (nSPS) is 14.0. The molecule has 3 nitrogen and oxygen atoms in total. The third-order valence-corrected chi connectivity index (χ3v) is 4.57. The molecule has 0 amide bonds. The number of hydrogen-bond acceptors (Lipinski definition) is 3. The second-order valence-electron chi connectivity index (χ2n) is 3.54. The van der Waals surface area contributed by atoms with Gasteiger partial charge in [0.1, 0.15) is 0 Å². The van der Waals surface area contributed by atoms with Gasteiger partial charge in [-0.05, 0) is 30.7 Å². The van der Waals surface area contributed by atoms with Crippen LogP contribution in [-0.2, 0) is 16.5 Å². The number of thiophene rings is 1. The Morgan fingerprint density at radius 2 is 2.20 bits per heavy atom. The van der Waals surface area contributed by atoms with E-state index in [9.17, 15) is 8.42 Å². The topological polar surface area (TPSA) is 54.4 Å². The van der Waals surface area contributed by atoms with Crippen LogP contribution in [0.4, 0.5) is 0 Å². The average molecular weight is 248 g/mol. The molecule has 0 saturated carbocycles. The van der Waals surface area contributed by atoms with Crippen molar-refractivity contribution in [1.29, 1.82) is 0 Å². The maximum atomic E-state index is 11.0. The summed E-state index contributed by atoms with van der Waals surface area (Å²) in [7, 11) is -3.88. The van der Waals surface area contributed by atoms with Gasteiger partial charge in [-0.3, -0.25) is 4.55 Å². The number of aryl methyl sites for hydroxylation is 1. The number of hydrogen-bond donors (Lipinski definition) is 1. The van der Waals surface area contributed by atoms with Gasteiger partial charge < -0.3 is 0 Å². The molecule has 0 aliphatic heterocycles. The van der Waals surface area contributed by atoms with Crippen molar-refractivity contribution in [2.24, 2.45) is 0 Å². The zero-order valence-corrected chi connectivity index (χ0v) is 10.4. The van der Waals surface area contributed by atoms with Crippen LogP contribution in [0, 0.1) is 0 Å². The fourth-order valence-corrected chi connectivity index (χ4v) is 3.20. The first kappa shape index (κ1) is 12.7. The SMILES string of the molecule is CCCC(CCc1cccs1)S(=O)(=O)O. The molecule has 1 aromatic rings. The summed E-state index contributed by atoms with van der Waals surface area (Å²) in [5.41, 5.74) is 0. The minimum absolute atomic E-state index is 0.507. The average Bonchev–Trinajstić information content (AvgIpc) is 2.62. The van der Waals surface area contributed by atoms with Crippen molar-refractivity contribution in [2.75, 3.05) is 0 Å². The summed E-state index contributed by atoms with van der Waals surface area (Å²) in [6.45, 7) is 1.92. The molecule has 0 bridgehead atoms. The minimum Gasteiger partial charge on any atom is -0.285 e. The molecule has 5 heteroatoms. The monoisotopic (exact) mass is 248 g/mol. The molecule has 1 rings (SSSR count). The molecular formula is C10H16O3S2. The quantitative estimate of drug-likeness (QED) is 0.788. The Labute approximate surface area is 94.9 Å². The Kier molecular flexibility index (Phi) is 4.76. The van der Waals surface area contributed by atoms with E-state index in [0.717, 1.165) is 12.8 Å². The fourth-order valence-electron chi connectivity index (χ4n) is 1.52. The van der Waals surface area contributed by atoms with E-state index in [-0.39, 0.29) is 0 Å². The van der Waals surface area contributed by atoms with Crippen molar-refractivity contribution in [2.45, 2.75) is 37.9 Å². The van der Waals surface area contributed by atoms with Crippen LogP contribution in [0.15, 0.2) is 17.5 Å². The summed E-state index contributed by atoms with van der Waals surface area (Å²) in [6, 6.07) is 3.93. The van der Waals surface area contributed by atoms with Gasteiger partial charge in [-0.1, -0.05) is 19.4 Å². The third-order valence-electron chi connectivity index (χ3n) is 2.32. The fraction of sp³-hybridized carbons (Fsp3) is 0.600. The lowest BCUT2D eigenvalue weighted by Gasteiger charge is -2.11. The molecule has 0 fully saturated rings. The molecule has 0 aliphatic rings. The van der Waals surface area contributed by atoms with Crippen molar-refractivity contribution < 1.29 is 13.0 Å². The molecule has 0 saturated heterocycles. The van der Waals surface area contributed by atoms with Gasteiger partial charge in [0.25, 0.3) is 10.1 Å². The standard InChI is InChI=1S/C10H16O3S2/c1-2-4-10(15(11,12)13)7-6-9-5-3-8-14-9/h3,5,8,10H,2,4,6-7H2,1H3,(H,11,12,13). The molecule has 1 aromatic heterocycles. The lowest BCUT2D eigenvalue weighted by molar-refractivity contribution is 0.455. The highest BCUT2D eigenvalue weighted by molar-refractivity contribution is 7.86. The maximum Gasteiger partial charge on any atom is 0.267 e. The second kappa shape index (κ2) is 5.63. The zero-order chi connectivity index (χ0) is 11.3. The van der Waals surface area contributed by atoms with Crippen LogP contribution >= 0.6 is 11.3 Å². The van der Waals surface area contributed by atoms with E-state index in [0.29, 0.717) is 12.8 Å². The third kappa shape index (κ3) is 4.32. The highest BCUT2D eigenvalue weighted by Gasteiger charge is 2.21. The van der Waals surface area contributed by atoms with Gasteiger partial charge in [-0.15, -0.1) is 11.3 Å². The summed E-state index contributed by atoms with van der Waals surface area (Å²) in [6.07, 6.45) is 2.54. The molecule has 1 unspecified atom stereocenters. The molecule has 0 aliphatic carbocycles. The smallest absolute Gasteiger partial charge is 0.267 e. The van der Waals surface area contributed by atoms with Gasteiger partial charge in [0, 0.05) is 4.88 Å². The van der Waals surface area contributed by atoms with Crippen LogP contribution in [0.1, 0.15) is 31.1 Å². The molecule has 15 heavy (non-hydrogen) atoms. The van der Waals surface area contributed by atoms with Crippen molar-refractivity contribution in [3.8, 4) is 0 Å². The number of rotatable bonds is 6. The first-order valence-electron chi connectivity index (χ1n) is 5.02. The first-order chi connectivity index (χ1) is 7.04. The minimum atomic E-state index is -3.88. The Bertz CT molecular complexity index is 367. The molecule has 86 valence electrons. The van der Waals surface area contributed by atoms with Crippen LogP contribution in [-0.4, -0.2) is 18.2 Å². The maximum absolute atomic E-state index is 11.0. The van der Waals surface area contributed by atoms with E-state index in [1.165, 1.54) is 4.88 Å². The van der Waals surface area contributed by atoms with E-state index in [4.69, 9.17) is 4.55 Å². The van der Waals surface area contributed by atoms with Gasteiger partial charge in [0.2, 0.25) is 0 Å². The highest BCUT2D eigenvalue weighted by Crippen LogP contribution is 2.17. The summed E-state index contributed by atoms with van der Waals surface area (Å²) in [4.78, 5) is 1.17. The summed E-state index contributed by atoms with van der Waals surface area (Å²) in [5.74, 6) is 0. The van der Waals surface area contributed by atoms with Crippen LogP contribution in [0.5, 0.6) is 0 Å². The van der Waals surface area contributed by atoms with E-state index in [1.807, 2.05) is 24.4 Å². The largest absolute Gasteiger partial charge is 0.285 e. The highest BCUT2D eigenvalue weighted by atomic mass is 32.2. The first-order valence-corrected chi connectivity index (χ1v) is 7.41. The van der Waals surface area contributed by atoms with Crippen LogP contribution < -0.4 is 0 Å². The summed E-state index contributed by atoms with van der Waals surface area (Å²) in [5, 5.41) is 1.36. The van der Waals surface area contributed by atoms with Gasteiger partial charge in [0.15, 0.2) is 0 Å². The predicted molar refractivity (Wildman–Crippen MR) is 62.9 cm³/mol. The van der Waals surface area contributed by atoms with Gasteiger partial charge in [-0.25, -0.2) is 0 Å². The van der Waals surface area contributed by atoms with E-state index in [1.54, 1.807) is 11.3 Å². The second-order valence-corrected chi connectivity index (χ2v) is 6.27. The van der Waals surface area contributed by atoms with E-state index in [2.05, 4.69) is 0 Å². The van der Waals surface area contributed by atoms with Crippen molar-refractivity contribution in [3.05, 3.63) is 22.4 Å². The summed E-state index contributed by atoms with van der Waals surface area (Å²) < 4.78 is 31.1. The lowest BCUT2D eigenvalue weighted by Crippen LogP contribution is -2.20. The molecule has 0 radical (unpaired) electrons. The van der Waals surface area contributed by atoms with Crippen molar-refractivity contribution in [1.82, 2.24) is 0 Å². The van der Waals surface area contributed by atoms with Crippen LogP contribution in [0.25, 0.3) is 0 Å². The van der Waals surface area contributed by atoms with Gasteiger partial charge >= 0.3 is 0 Å². The zero-order valence-electron chi connectivity index (χ0n) is 8.72. The Hall–Kier alpha value is -0.390. The molecule has 1 heterocycles. The Balaban J connectivity index is 2.53. The predicted octanol–water partition coefficient (Wildman–Crippen LogP) is 2.74. The molecule has 1 N–H and O–H groups in total. The molecular weight excluding hydrogens is 232 g/mol. The summed E-state index contributed by atoms with van der Waals surface area (Å²) >= 11 is 1.62. The molecule has 0 aromatic carbocycles. The van der Waals surface area contributed by atoms with Crippen molar-refractivity contribution >= 4 is 21.5 Å². The molecule has 1 atom stereocenters. The Morgan fingerprint density at radius 1 is 1.47 bits per heavy atom. The van der Waals surface area contributed by atoms with Crippen LogP contribution in [0.3, 0.4) is 0 Å². The lowest BCUT2D eigenvalue weighted by atomic mass is 10.1. The van der Waals surface area contributed by atoms with E-state index >= 15 is 0 Å². The van der Waals surface area contributed by atoms with Gasteiger partial charge in [0.05, 0.1) is 5.25 Å². The van der Waals surface area contributed by atoms with Crippen molar-refractivity contribution in [3.63, 3.8) is 0 Å². The van der Waals surface area contributed by atoms with Crippen LogP contribution in [0.2, 0.25) is 0 Å². The van der Waals surface area contributed by atoms with Gasteiger partial charge in [-0.2, -0.15) is 8.42 Å².